The third kappa shape index (κ3) is 5.38. The standard InChI is InChI=1S/C24H27N5O3S/c1-14-10-12-15(13-11-14)19(22(31)27-24(2,3)4)29(16-8-6-5-7-9-16)23(32)20-17(25)18(21(26)30)28-33-20/h5-13,19H,25H2,1-4H3,(H2,26,30)(H,27,31)/t19-/m1/s1. The number of rotatable bonds is 6. The van der Waals surface area contributed by atoms with E-state index in [2.05, 4.69) is 9.69 Å². The molecule has 0 radical (unpaired) electrons. The summed E-state index contributed by atoms with van der Waals surface area (Å²) >= 11 is 0.777. The molecule has 0 bridgehead atoms. The topological polar surface area (TPSA) is 131 Å². The second-order valence-electron chi connectivity index (χ2n) is 8.70. The third-order valence-electron chi connectivity index (χ3n) is 4.81. The van der Waals surface area contributed by atoms with Crippen molar-refractivity contribution in [1.82, 2.24) is 9.69 Å². The van der Waals surface area contributed by atoms with Gasteiger partial charge in [-0.25, -0.2) is 0 Å². The smallest absolute Gasteiger partial charge is 0.273 e. The molecule has 0 saturated heterocycles. The van der Waals surface area contributed by atoms with Gasteiger partial charge >= 0.3 is 0 Å². The number of nitrogen functional groups attached to an aromatic ring is 1. The average molecular weight is 466 g/mol. The van der Waals surface area contributed by atoms with E-state index in [0.29, 0.717) is 11.3 Å². The summed E-state index contributed by atoms with van der Waals surface area (Å²) in [5, 5.41) is 2.98. The predicted octanol–water partition coefficient (Wildman–Crippen LogP) is 3.44. The fraction of sp³-hybridized carbons (Fsp3) is 0.250. The largest absolute Gasteiger partial charge is 0.395 e. The summed E-state index contributed by atoms with van der Waals surface area (Å²) in [5.41, 5.74) is 12.7. The van der Waals surface area contributed by atoms with Crippen molar-refractivity contribution >= 4 is 40.6 Å². The van der Waals surface area contributed by atoms with E-state index in [-0.39, 0.29) is 22.2 Å². The summed E-state index contributed by atoms with van der Waals surface area (Å²) in [5.74, 6) is -1.74. The number of anilines is 2. The maximum atomic E-state index is 13.8. The van der Waals surface area contributed by atoms with Gasteiger partial charge in [-0.05, 0) is 56.9 Å². The van der Waals surface area contributed by atoms with E-state index in [4.69, 9.17) is 11.5 Å². The molecule has 5 N–H and O–H groups in total. The molecule has 0 fully saturated rings. The average Bonchev–Trinajstić information content (AvgIpc) is 3.13. The van der Waals surface area contributed by atoms with Crippen LogP contribution >= 0.6 is 11.5 Å². The third-order valence-corrected chi connectivity index (χ3v) is 5.66. The van der Waals surface area contributed by atoms with Crippen molar-refractivity contribution in [3.8, 4) is 0 Å². The lowest BCUT2D eigenvalue weighted by Crippen LogP contribution is -2.49. The molecule has 172 valence electrons. The highest BCUT2D eigenvalue weighted by molar-refractivity contribution is 7.09. The number of hydrogen-bond donors (Lipinski definition) is 3. The lowest BCUT2D eigenvalue weighted by molar-refractivity contribution is -0.123. The van der Waals surface area contributed by atoms with E-state index in [1.54, 1.807) is 24.3 Å². The van der Waals surface area contributed by atoms with E-state index in [1.807, 2.05) is 58.0 Å². The molecule has 0 spiro atoms. The van der Waals surface area contributed by atoms with Gasteiger partial charge in [-0.15, -0.1) is 0 Å². The molecule has 1 aromatic heterocycles. The Bertz CT molecular complexity index is 1170. The van der Waals surface area contributed by atoms with Crippen molar-refractivity contribution in [2.75, 3.05) is 10.6 Å². The van der Waals surface area contributed by atoms with Crippen molar-refractivity contribution in [2.24, 2.45) is 5.73 Å². The van der Waals surface area contributed by atoms with Gasteiger partial charge in [0.05, 0.1) is 5.69 Å². The fourth-order valence-electron chi connectivity index (χ4n) is 3.32. The number of aromatic nitrogens is 1. The molecule has 8 nitrogen and oxygen atoms in total. The van der Waals surface area contributed by atoms with E-state index >= 15 is 0 Å². The fourth-order valence-corrected chi connectivity index (χ4v) is 4.06. The van der Waals surface area contributed by atoms with Crippen molar-refractivity contribution in [3.05, 3.63) is 76.3 Å². The molecule has 33 heavy (non-hydrogen) atoms. The zero-order valence-electron chi connectivity index (χ0n) is 19.0. The minimum Gasteiger partial charge on any atom is -0.395 e. The maximum absolute atomic E-state index is 13.8. The Morgan fingerprint density at radius 3 is 2.15 bits per heavy atom. The molecule has 3 aromatic rings. The molecule has 0 aliphatic carbocycles. The van der Waals surface area contributed by atoms with Gasteiger partial charge in [0.25, 0.3) is 11.8 Å². The van der Waals surface area contributed by atoms with Gasteiger partial charge in [0, 0.05) is 11.2 Å². The lowest BCUT2D eigenvalue weighted by Gasteiger charge is -2.33. The summed E-state index contributed by atoms with van der Waals surface area (Å²) in [6.45, 7) is 7.54. The van der Waals surface area contributed by atoms with Crippen LogP contribution in [0.4, 0.5) is 11.4 Å². The van der Waals surface area contributed by atoms with Crippen LogP contribution in [0.2, 0.25) is 0 Å². The minimum atomic E-state index is -1.00. The zero-order chi connectivity index (χ0) is 24.3. The Morgan fingerprint density at radius 2 is 1.64 bits per heavy atom. The van der Waals surface area contributed by atoms with Crippen LogP contribution in [-0.2, 0) is 4.79 Å². The summed E-state index contributed by atoms with van der Waals surface area (Å²) in [6, 6.07) is 15.2. The Morgan fingerprint density at radius 1 is 1.03 bits per heavy atom. The quantitative estimate of drug-likeness (QED) is 0.513. The van der Waals surface area contributed by atoms with E-state index in [9.17, 15) is 14.4 Å². The van der Waals surface area contributed by atoms with Crippen LogP contribution in [0, 0.1) is 6.92 Å². The molecular weight excluding hydrogens is 438 g/mol. The van der Waals surface area contributed by atoms with E-state index < -0.39 is 23.4 Å². The molecule has 0 unspecified atom stereocenters. The lowest BCUT2D eigenvalue weighted by atomic mass is 9.99. The number of hydrogen-bond acceptors (Lipinski definition) is 6. The molecule has 0 aliphatic heterocycles. The van der Waals surface area contributed by atoms with Crippen molar-refractivity contribution in [3.63, 3.8) is 0 Å². The van der Waals surface area contributed by atoms with Gasteiger partial charge in [0.1, 0.15) is 10.9 Å². The Balaban J connectivity index is 2.20. The number of aryl methyl sites for hydroxylation is 1. The number of carbonyl (C=O) groups is 3. The highest BCUT2D eigenvalue weighted by atomic mass is 32.1. The molecule has 1 heterocycles. The predicted molar refractivity (Wildman–Crippen MR) is 130 cm³/mol. The number of para-hydroxylation sites is 1. The van der Waals surface area contributed by atoms with Gasteiger partial charge in [-0.3, -0.25) is 19.3 Å². The van der Waals surface area contributed by atoms with Gasteiger partial charge < -0.3 is 16.8 Å². The zero-order valence-corrected chi connectivity index (χ0v) is 19.8. The number of primary amides is 1. The molecule has 3 rings (SSSR count). The van der Waals surface area contributed by atoms with Gasteiger partial charge in [0.15, 0.2) is 5.69 Å². The Labute approximate surface area is 196 Å². The van der Waals surface area contributed by atoms with Crippen molar-refractivity contribution in [1.29, 1.82) is 0 Å². The molecule has 0 saturated carbocycles. The molecule has 0 aliphatic rings. The first-order chi connectivity index (χ1) is 15.5. The second-order valence-corrected chi connectivity index (χ2v) is 9.47. The highest BCUT2D eigenvalue weighted by Crippen LogP contribution is 2.33. The Kier molecular flexibility index (Phi) is 6.83. The first kappa shape index (κ1) is 23.9. The highest BCUT2D eigenvalue weighted by Gasteiger charge is 2.37. The van der Waals surface area contributed by atoms with Crippen molar-refractivity contribution < 1.29 is 14.4 Å². The molecule has 9 heteroatoms. The van der Waals surface area contributed by atoms with E-state index in [1.165, 1.54) is 4.90 Å². The number of nitrogens with one attached hydrogen (secondary N) is 1. The van der Waals surface area contributed by atoms with Gasteiger partial charge in [0.2, 0.25) is 5.91 Å². The van der Waals surface area contributed by atoms with Gasteiger partial charge in [-0.1, -0.05) is 48.0 Å². The van der Waals surface area contributed by atoms with Gasteiger partial charge in [-0.2, -0.15) is 4.37 Å². The van der Waals surface area contributed by atoms with Crippen LogP contribution in [-0.4, -0.2) is 27.6 Å². The van der Waals surface area contributed by atoms with Crippen LogP contribution in [0.15, 0.2) is 54.6 Å². The number of nitrogens with two attached hydrogens (primary N) is 2. The number of benzene rings is 2. The first-order valence-corrected chi connectivity index (χ1v) is 11.1. The van der Waals surface area contributed by atoms with Crippen LogP contribution < -0.4 is 21.7 Å². The molecule has 1 atom stereocenters. The monoisotopic (exact) mass is 465 g/mol. The summed E-state index contributed by atoms with van der Waals surface area (Å²) in [4.78, 5) is 40.5. The first-order valence-electron chi connectivity index (χ1n) is 10.3. The number of carbonyl (C=O) groups excluding carboxylic acids is 3. The summed E-state index contributed by atoms with van der Waals surface area (Å²) in [6.07, 6.45) is 0. The molecule has 3 amide bonds. The van der Waals surface area contributed by atoms with Crippen molar-refractivity contribution in [2.45, 2.75) is 39.3 Å². The van der Waals surface area contributed by atoms with Crippen LogP contribution in [0.3, 0.4) is 0 Å². The summed E-state index contributed by atoms with van der Waals surface area (Å²) < 4.78 is 3.95. The summed E-state index contributed by atoms with van der Waals surface area (Å²) in [7, 11) is 0. The van der Waals surface area contributed by atoms with Crippen LogP contribution in [0.25, 0.3) is 0 Å². The maximum Gasteiger partial charge on any atom is 0.273 e. The van der Waals surface area contributed by atoms with Crippen LogP contribution in [0.5, 0.6) is 0 Å². The Hall–Kier alpha value is -3.72. The minimum absolute atomic E-state index is 0.0355. The van der Waals surface area contributed by atoms with E-state index in [0.717, 1.165) is 17.1 Å². The normalized spacial score (nSPS) is 12.1. The number of amides is 3. The number of nitrogens with zero attached hydrogens (tertiary/aromatic N) is 2. The molecule has 2 aromatic carbocycles. The SMILES string of the molecule is Cc1ccc([C@H](C(=O)NC(C)(C)C)N(C(=O)c2snc(C(N)=O)c2N)c2ccccc2)cc1. The molecular formula is C24H27N5O3S. The second kappa shape index (κ2) is 9.41. The van der Waals surface area contributed by atoms with Crippen LogP contribution in [0.1, 0.15) is 58.1 Å².